The average Bonchev–Trinajstić information content (AvgIpc) is 1.63. The van der Waals surface area contributed by atoms with Gasteiger partial charge in [-0.25, -0.2) is 0 Å². The molecule has 0 unspecified atom stereocenters. The van der Waals surface area contributed by atoms with Crippen LogP contribution in [0.5, 0.6) is 0 Å². The van der Waals surface area contributed by atoms with Crippen molar-refractivity contribution in [3.8, 4) is 0 Å². The maximum Gasteiger partial charge on any atom is 0.321 e. The molecule has 0 saturated heterocycles. The van der Waals surface area contributed by atoms with Crippen molar-refractivity contribution in [1.82, 2.24) is 0 Å². The van der Waals surface area contributed by atoms with Crippen molar-refractivity contribution in [2.24, 2.45) is 11.5 Å². The van der Waals surface area contributed by atoms with E-state index in [4.69, 9.17) is 10.8 Å². The molecular weight excluding hydrogens is 188 g/mol. The quantitative estimate of drug-likeness (QED) is 0.466. The van der Waals surface area contributed by atoms with Gasteiger partial charge in [0.15, 0.2) is 0 Å². The second kappa shape index (κ2) is 5.22. The van der Waals surface area contributed by atoms with Gasteiger partial charge in [0.2, 0.25) is 5.91 Å². The number of nitrogens with two attached hydrogens (primary N) is 2. The van der Waals surface area contributed by atoms with Gasteiger partial charge < -0.3 is 16.6 Å². The fourth-order valence-corrected chi connectivity index (χ4v) is 0.304. The minimum atomic E-state index is -1.21. The molecule has 1 amide bonds. The number of hydrogen-bond acceptors (Lipinski definition) is 3. The molecule has 0 fully saturated rings. The van der Waals surface area contributed by atoms with E-state index in [1.54, 1.807) is 0 Å². The van der Waals surface area contributed by atoms with Crippen LogP contribution in [-0.4, -0.2) is 23.0 Å². The van der Waals surface area contributed by atoms with E-state index in [0.29, 0.717) is 0 Å². The van der Waals surface area contributed by atoms with Crippen LogP contribution in [0.1, 0.15) is 6.42 Å². The largest absolute Gasteiger partial charge is 0.480 e. The average molecular weight is 196 g/mol. The third-order valence-corrected chi connectivity index (χ3v) is 0.738. The number of hydrogen-bond donors (Lipinski definition) is 3. The maximum atomic E-state index is 9.99. The maximum absolute atomic E-state index is 9.99. The molecular formula is C4H8CuN2O3. The molecule has 0 heterocycles. The van der Waals surface area contributed by atoms with Gasteiger partial charge in [0.05, 0.1) is 6.42 Å². The van der Waals surface area contributed by atoms with Crippen LogP contribution in [0.3, 0.4) is 0 Å². The monoisotopic (exact) mass is 195 g/mol. The number of carboxylic acid groups (broad SMARTS) is 1. The van der Waals surface area contributed by atoms with Gasteiger partial charge in [-0.3, -0.25) is 9.59 Å². The first kappa shape index (κ1) is 12.1. The predicted octanol–water partition coefficient (Wildman–Crippen LogP) is -1.73. The molecule has 0 spiro atoms. The van der Waals surface area contributed by atoms with E-state index in [9.17, 15) is 9.59 Å². The van der Waals surface area contributed by atoms with E-state index < -0.39 is 17.9 Å². The topological polar surface area (TPSA) is 106 Å². The number of carboxylic acids is 1. The van der Waals surface area contributed by atoms with Crippen LogP contribution in [0.4, 0.5) is 0 Å². The number of rotatable bonds is 3. The Labute approximate surface area is 68.2 Å². The number of aliphatic carboxylic acids is 1. The van der Waals surface area contributed by atoms with E-state index in [-0.39, 0.29) is 23.5 Å². The van der Waals surface area contributed by atoms with Crippen molar-refractivity contribution >= 4 is 11.9 Å². The third-order valence-electron chi connectivity index (χ3n) is 0.738. The molecule has 0 aromatic heterocycles. The molecule has 0 aromatic rings. The molecule has 0 aliphatic carbocycles. The van der Waals surface area contributed by atoms with Crippen LogP contribution in [0.2, 0.25) is 0 Å². The molecule has 0 aliphatic rings. The minimum absolute atomic E-state index is 0. The van der Waals surface area contributed by atoms with Crippen LogP contribution in [0, 0.1) is 0 Å². The molecule has 1 radical (unpaired) electrons. The predicted molar refractivity (Wildman–Crippen MR) is 29.4 cm³/mol. The summed E-state index contributed by atoms with van der Waals surface area (Å²) in [6.07, 6.45) is -0.310. The molecule has 0 aromatic carbocycles. The van der Waals surface area contributed by atoms with E-state index in [1.807, 2.05) is 0 Å². The zero-order chi connectivity index (χ0) is 7.44. The zero-order valence-electron chi connectivity index (χ0n) is 5.00. The molecule has 5 nitrogen and oxygen atoms in total. The first-order valence-corrected chi connectivity index (χ1v) is 2.30. The Balaban J connectivity index is 0. The van der Waals surface area contributed by atoms with Crippen molar-refractivity contribution in [3.63, 3.8) is 0 Å². The fraction of sp³-hybridized carbons (Fsp3) is 0.500. The van der Waals surface area contributed by atoms with Crippen LogP contribution in [0.15, 0.2) is 0 Å². The van der Waals surface area contributed by atoms with Gasteiger partial charge in [-0.15, -0.1) is 0 Å². The van der Waals surface area contributed by atoms with Gasteiger partial charge in [-0.05, 0) is 0 Å². The van der Waals surface area contributed by atoms with Crippen molar-refractivity contribution in [2.75, 3.05) is 0 Å². The molecule has 10 heavy (non-hydrogen) atoms. The number of primary amides is 1. The summed E-state index contributed by atoms with van der Waals surface area (Å²) in [7, 11) is 0. The van der Waals surface area contributed by atoms with Gasteiger partial charge in [0.25, 0.3) is 0 Å². The molecule has 0 saturated carbocycles. The number of carbonyl (C=O) groups excluding carboxylic acids is 1. The summed E-state index contributed by atoms with van der Waals surface area (Å²) in [5.41, 5.74) is 9.57. The SMILES string of the molecule is NC(=O)C[C@H](N)C(=O)O.[Cu]. The molecule has 0 aliphatic heterocycles. The van der Waals surface area contributed by atoms with E-state index >= 15 is 0 Å². The third kappa shape index (κ3) is 5.55. The second-order valence-electron chi connectivity index (χ2n) is 1.62. The van der Waals surface area contributed by atoms with Crippen molar-refractivity contribution in [1.29, 1.82) is 0 Å². The summed E-state index contributed by atoms with van der Waals surface area (Å²) in [6.45, 7) is 0. The smallest absolute Gasteiger partial charge is 0.321 e. The molecule has 6 heteroatoms. The van der Waals surface area contributed by atoms with E-state index in [2.05, 4.69) is 5.73 Å². The van der Waals surface area contributed by atoms with Crippen molar-refractivity contribution < 1.29 is 31.8 Å². The summed E-state index contributed by atoms with van der Waals surface area (Å²) in [5, 5.41) is 8.10. The Morgan fingerprint density at radius 2 is 1.90 bits per heavy atom. The molecule has 0 bridgehead atoms. The standard InChI is InChI=1S/C4H8N2O3.Cu/c5-2(4(8)9)1-3(6)7;/h2H,1,5H2,(H2,6,7)(H,8,9);/t2-;/m0./s1. The Kier molecular flexibility index (Phi) is 6.34. The van der Waals surface area contributed by atoms with Gasteiger partial charge in [0, 0.05) is 17.1 Å². The second-order valence-corrected chi connectivity index (χ2v) is 1.62. The van der Waals surface area contributed by atoms with Crippen LogP contribution < -0.4 is 11.5 Å². The molecule has 5 N–H and O–H groups in total. The Hall–Kier alpha value is -0.581. The Bertz CT molecular complexity index is 138. The van der Waals surface area contributed by atoms with Crippen LogP contribution in [0.25, 0.3) is 0 Å². The van der Waals surface area contributed by atoms with Gasteiger partial charge in [-0.2, -0.15) is 0 Å². The molecule has 1 atom stereocenters. The normalized spacial score (nSPS) is 11.3. The first-order chi connectivity index (χ1) is 4.04. The Morgan fingerprint density at radius 1 is 1.50 bits per heavy atom. The fourth-order valence-electron chi connectivity index (χ4n) is 0.304. The van der Waals surface area contributed by atoms with Gasteiger partial charge in [-0.1, -0.05) is 0 Å². The number of amides is 1. The Morgan fingerprint density at radius 3 is 2.00 bits per heavy atom. The summed E-state index contributed by atoms with van der Waals surface area (Å²) in [5.74, 6) is -1.92. The number of carbonyl (C=O) groups is 2. The zero-order valence-corrected chi connectivity index (χ0v) is 5.95. The summed E-state index contributed by atoms with van der Waals surface area (Å²) >= 11 is 0. The van der Waals surface area contributed by atoms with Crippen molar-refractivity contribution in [3.05, 3.63) is 0 Å². The van der Waals surface area contributed by atoms with Crippen LogP contribution >= 0.6 is 0 Å². The molecule has 63 valence electrons. The van der Waals surface area contributed by atoms with Gasteiger partial charge >= 0.3 is 5.97 Å². The molecule has 0 rings (SSSR count). The van der Waals surface area contributed by atoms with Crippen LogP contribution in [-0.2, 0) is 26.7 Å². The van der Waals surface area contributed by atoms with Crippen molar-refractivity contribution in [2.45, 2.75) is 12.5 Å². The minimum Gasteiger partial charge on any atom is -0.480 e. The van der Waals surface area contributed by atoms with E-state index in [0.717, 1.165) is 0 Å². The summed E-state index contributed by atoms with van der Waals surface area (Å²) in [6, 6.07) is -1.16. The summed E-state index contributed by atoms with van der Waals surface area (Å²) < 4.78 is 0. The summed E-state index contributed by atoms with van der Waals surface area (Å²) in [4.78, 5) is 19.9. The van der Waals surface area contributed by atoms with Gasteiger partial charge in [0.1, 0.15) is 6.04 Å². The van der Waals surface area contributed by atoms with E-state index in [1.165, 1.54) is 0 Å². The first-order valence-electron chi connectivity index (χ1n) is 2.30.